The van der Waals surface area contributed by atoms with E-state index >= 15 is 0 Å². The molecule has 0 radical (unpaired) electrons. The fourth-order valence-electron chi connectivity index (χ4n) is 4.00. The number of aromatic amines is 1. The molecule has 0 saturated carbocycles. The van der Waals surface area contributed by atoms with Crippen molar-refractivity contribution in [2.45, 2.75) is 58.2 Å². The van der Waals surface area contributed by atoms with Gasteiger partial charge in [-0.25, -0.2) is 17.8 Å². The number of methoxy groups -OCH3 is 1. The number of aromatic nitrogens is 2. The lowest BCUT2D eigenvalue weighted by Crippen LogP contribution is -2.44. The molecule has 11 heteroatoms. The number of anilines is 1. The van der Waals surface area contributed by atoms with Crippen molar-refractivity contribution in [2.24, 2.45) is 0 Å². The second kappa shape index (κ2) is 11.8. The van der Waals surface area contributed by atoms with E-state index in [1.807, 2.05) is 18.2 Å². The largest absolute Gasteiger partial charge is 0.496 e. The van der Waals surface area contributed by atoms with Crippen molar-refractivity contribution in [1.82, 2.24) is 9.55 Å². The molecule has 0 fully saturated rings. The molecule has 0 amide bonds. The molecule has 0 atom stereocenters. The smallest absolute Gasteiger partial charge is 0.332 e. The third kappa shape index (κ3) is 7.87. The first kappa shape index (κ1) is 32.1. The lowest BCUT2D eigenvalue weighted by Gasteiger charge is -2.39. The van der Waals surface area contributed by atoms with Crippen LogP contribution in [0.3, 0.4) is 0 Å². The normalized spacial score (nSPS) is 13.0. The minimum absolute atomic E-state index is 0.0277. The van der Waals surface area contributed by atoms with E-state index in [1.165, 1.54) is 12.3 Å². The van der Waals surface area contributed by atoms with E-state index in [1.54, 1.807) is 37.4 Å². The molecule has 2 N–H and O–H groups in total. The number of hydrogen-bond acceptors (Lipinski definition) is 6. The highest BCUT2D eigenvalue weighted by molar-refractivity contribution is 7.92. The summed E-state index contributed by atoms with van der Waals surface area (Å²) in [6.07, 6.45) is 6.12. The number of nitrogens with zero attached hydrogens (tertiary/aromatic N) is 1. The lowest BCUT2D eigenvalue weighted by atomic mass is 9.83. The summed E-state index contributed by atoms with van der Waals surface area (Å²) in [5.41, 5.74) is 1.58. The molecule has 9 nitrogen and oxygen atoms in total. The molecular formula is C30H41N3O6SSi. The van der Waals surface area contributed by atoms with Gasteiger partial charge in [0.25, 0.3) is 5.56 Å². The van der Waals surface area contributed by atoms with Crippen LogP contribution < -0.4 is 20.7 Å². The first-order valence-corrected chi connectivity index (χ1v) is 18.1. The summed E-state index contributed by atoms with van der Waals surface area (Å²) < 4.78 is 39.1. The number of benzene rings is 2. The third-order valence-corrected chi connectivity index (χ3v) is 12.5. The zero-order valence-electron chi connectivity index (χ0n) is 25.3. The van der Waals surface area contributed by atoms with Gasteiger partial charge in [-0.1, -0.05) is 58.9 Å². The molecule has 2 aromatic carbocycles. The van der Waals surface area contributed by atoms with Crippen LogP contribution in [0.1, 0.15) is 51.3 Å². The maximum absolute atomic E-state index is 12.8. The van der Waals surface area contributed by atoms with Crippen LogP contribution >= 0.6 is 0 Å². The van der Waals surface area contributed by atoms with Crippen LogP contribution in [0.2, 0.25) is 18.1 Å². The first-order chi connectivity index (χ1) is 18.8. The Morgan fingerprint density at radius 2 is 1.63 bits per heavy atom. The van der Waals surface area contributed by atoms with Gasteiger partial charge in [-0.15, -0.1) is 0 Å². The molecule has 0 bridgehead atoms. The van der Waals surface area contributed by atoms with Gasteiger partial charge in [0.05, 0.1) is 19.1 Å². The van der Waals surface area contributed by atoms with Crippen LogP contribution in [0, 0.1) is 0 Å². The maximum Gasteiger partial charge on any atom is 0.332 e. The number of sulfonamides is 1. The summed E-state index contributed by atoms with van der Waals surface area (Å²) in [5.74, 6) is 0.601. The molecule has 3 aromatic rings. The Morgan fingerprint density at radius 3 is 2.17 bits per heavy atom. The SMILES string of the molecule is COc1c(C=Cc2ccc(NS(C)(=O)=O)cc2)cc(-n2c(=O)cc[nH]c2=O)cc1C(C)(C)CO[Si](C)(C)C(C)(C)C. The van der Waals surface area contributed by atoms with Crippen LogP contribution in [0.25, 0.3) is 17.8 Å². The molecule has 0 spiro atoms. The van der Waals surface area contributed by atoms with Crippen molar-refractivity contribution in [1.29, 1.82) is 0 Å². The number of H-pyrrole nitrogens is 1. The molecule has 41 heavy (non-hydrogen) atoms. The molecule has 0 aliphatic heterocycles. The first-order valence-electron chi connectivity index (χ1n) is 13.3. The topological polar surface area (TPSA) is 119 Å². The fraction of sp³-hybridized carbons (Fsp3) is 0.400. The van der Waals surface area contributed by atoms with E-state index in [9.17, 15) is 18.0 Å². The Labute approximate surface area is 243 Å². The van der Waals surface area contributed by atoms with Crippen LogP contribution in [0.15, 0.2) is 58.3 Å². The van der Waals surface area contributed by atoms with Gasteiger partial charge in [0, 0.05) is 41.1 Å². The summed E-state index contributed by atoms with van der Waals surface area (Å²) >= 11 is 0. The summed E-state index contributed by atoms with van der Waals surface area (Å²) in [5, 5.41) is 0.0277. The van der Waals surface area contributed by atoms with Crippen LogP contribution in [0.5, 0.6) is 5.75 Å². The minimum atomic E-state index is -3.38. The van der Waals surface area contributed by atoms with Crippen molar-refractivity contribution >= 4 is 36.2 Å². The predicted octanol–water partition coefficient (Wildman–Crippen LogP) is 5.38. The van der Waals surface area contributed by atoms with Gasteiger partial charge in [0.2, 0.25) is 10.0 Å². The standard InChI is InChI=1S/C30H41N3O6SSi/c1-29(2,3)41(8,9)39-20-30(4,5)25-19-24(33-26(34)16-17-31-28(33)35)18-22(27(25)38-6)13-10-21-11-14-23(15-12-21)32-40(7,36)37/h10-19,32H,20H2,1-9H3,(H,31,35). The summed E-state index contributed by atoms with van der Waals surface area (Å²) in [7, 11) is -3.86. The van der Waals surface area contributed by atoms with Gasteiger partial charge in [-0.3, -0.25) is 9.52 Å². The average molecular weight is 600 g/mol. The van der Waals surface area contributed by atoms with Crippen molar-refractivity contribution < 1.29 is 17.6 Å². The maximum atomic E-state index is 12.8. The van der Waals surface area contributed by atoms with Gasteiger partial charge in [0.1, 0.15) is 5.75 Å². The quantitative estimate of drug-likeness (QED) is 0.239. The Hall–Kier alpha value is -3.41. The van der Waals surface area contributed by atoms with E-state index in [2.05, 4.69) is 57.4 Å². The number of ether oxygens (including phenoxy) is 1. The van der Waals surface area contributed by atoms with E-state index in [0.29, 0.717) is 29.3 Å². The minimum Gasteiger partial charge on any atom is -0.496 e. The Balaban J connectivity index is 2.15. The molecule has 1 aromatic heterocycles. The second-order valence-corrected chi connectivity index (χ2v) is 18.9. The highest BCUT2D eigenvalue weighted by Crippen LogP contribution is 2.41. The molecule has 0 aliphatic rings. The number of hydrogen-bond donors (Lipinski definition) is 2. The fourth-order valence-corrected chi connectivity index (χ4v) is 5.72. The summed E-state index contributed by atoms with van der Waals surface area (Å²) in [6.45, 7) is 15.5. The lowest BCUT2D eigenvalue weighted by molar-refractivity contribution is 0.216. The average Bonchev–Trinajstić information content (AvgIpc) is 2.85. The third-order valence-electron chi connectivity index (χ3n) is 7.42. The summed E-state index contributed by atoms with van der Waals surface area (Å²) in [6, 6.07) is 11.8. The van der Waals surface area contributed by atoms with E-state index in [0.717, 1.165) is 21.9 Å². The monoisotopic (exact) mass is 599 g/mol. The van der Waals surface area contributed by atoms with Crippen molar-refractivity contribution in [3.05, 3.63) is 86.2 Å². The second-order valence-electron chi connectivity index (χ2n) is 12.3. The predicted molar refractivity (Wildman–Crippen MR) is 169 cm³/mol. The van der Waals surface area contributed by atoms with Gasteiger partial charge >= 0.3 is 5.69 Å². The van der Waals surface area contributed by atoms with E-state index in [4.69, 9.17) is 9.16 Å². The van der Waals surface area contributed by atoms with Crippen molar-refractivity contribution in [3.8, 4) is 11.4 Å². The van der Waals surface area contributed by atoms with Crippen LogP contribution in [0.4, 0.5) is 5.69 Å². The zero-order valence-corrected chi connectivity index (χ0v) is 27.1. The Morgan fingerprint density at radius 1 is 1.00 bits per heavy atom. The van der Waals surface area contributed by atoms with Gasteiger partial charge < -0.3 is 14.1 Å². The Bertz CT molecular complexity index is 1620. The van der Waals surface area contributed by atoms with Gasteiger partial charge in [-0.2, -0.15) is 0 Å². The van der Waals surface area contributed by atoms with E-state index < -0.39 is 35.0 Å². The van der Waals surface area contributed by atoms with Crippen LogP contribution in [-0.2, 0) is 19.9 Å². The molecule has 3 rings (SSSR count). The molecule has 0 saturated heterocycles. The zero-order chi connectivity index (χ0) is 30.8. The summed E-state index contributed by atoms with van der Waals surface area (Å²) in [4.78, 5) is 28.1. The molecular weight excluding hydrogens is 558 g/mol. The van der Waals surface area contributed by atoms with Crippen molar-refractivity contribution in [3.63, 3.8) is 0 Å². The van der Waals surface area contributed by atoms with Crippen LogP contribution in [-0.4, -0.2) is 46.3 Å². The molecule has 0 aliphatic carbocycles. The number of nitrogens with one attached hydrogen (secondary N) is 2. The van der Waals surface area contributed by atoms with Gasteiger partial charge in [0.15, 0.2) is 8.32 Å². The number of rotatable bonds is 10. The molecule has 1 heterocycles. The highest BCUT2D eigenvalue weighted by atomic mass is 32.2. The van der Waals surface area contributed by atoms with Crippen molar-refractivity contribution in [2.75, 3.05) is 24.7 Å². The van der Waals surface area contributed by atoms with Gasteiger partial charge in [-0.05, 0) is 48.0 Å². The molecule has 0 unspecified atom stereocenters. The highest BCUT2D eigenvalue weighted by Gasteiger charge is 2.39. The van der Waals surface area contributed by atoms with E-state index in [-0.39, 0.29) is 5.04 Å². The molecule has 222 valence electrons. The Kier molecular flexibility index (Phi) is 9.26.